The van der Waals surface area contributed by atoms with Gasteiger partial charge < -0.3 is 4.90 Å². The molecule has 1 heterocycles. The van der Waals surface area contributed by atoms with Gasteiger partial charge in [-0.1, -0.05) is 24.6 Å². The van der Waals surface area contributed by atoms with E-state index >= 15 is 0 Å². The predicted molar refractivity (Wildman–Crippen MR) is 117 cm³/mol. The van der Waals surface area contributed by atoms with Crippen molar-refractivity contribution in [1.82, 2.24) is 0 Å². The maximum absolute atomic E-state index is 14.9. The van der Waals surface area contributed by atoms with Crippen LogP contribution in [-0.2, 0) is 0 Å². The van der Waals surface area contributed by atoms with Crippen molar-refractivity contribution < 1.29 is 9.31 Å². The van der Waals surface area contributed by atoms with Crippen molar-refractivity contribution in [2.75, 3.05) is 11.4 Å². The van der Waals surface area contributed by atoms with Crippen LogP contribution >= 0.6 is 11.6 Å². The normalized spacial score (nSPS) is 15.4. The van der Waals surface area contributed by atoms with Crippen molar-refractivity contribution >= 4 is 40.5 Å². The second-order valence-electron chi connectivity index (χ2n) is 7.67. The summed E-state index contributed by atoms with van der Waals surface area (Å²) in [6, 6.07) is 7.56. The van der Waals surface area contributed by atoms with Gasteiger partial charge in [-0.2, -0.15) is 0 Å². The molecule has 0 aliphatic carbocycles. The van der Waals surface area contributed by atoms with Gasteiger partial charge in [0.1, 0.15) is 10.8 Å². The topological polar surface area (TPSA) is 58.7 Å². The van der Waals surface area contributed by atoms with Crippen LogP contribution in [0.2, 0.25) is 5.02 Å². The summed E-state index contributed by atoms with van der Waals surface area (Å²) in [5.74, 6) is -0.387. The van der Waals surface area contributed by atoms with Gasteiger partial charge in [-0.3, -0.25) is 15.1 Å². The molecule has 7 heteroatoms. The van der Waals surface area contributed by atoms with E-state index in [4.69, 9.17) is 11.6 Å². The number of fused-ring (bicyclic) bond motifs is 1. The summed E-state index contributed by atoms with van der Waals surface area (Å²) in [6.45, 7) is 9.19. The van der Waals surface area contributed by atoms with Crippen LogP contribution in [0, 0.1) is 15.9 Å². The average Bonchev–Trinajstić information content (AvgIpc) is 2.64. The molecule has 2 aromatic rings. The fourth-order valence-electron chi connectivity index (χ4n) is 3.71. The fourth-order valence-corrected chi connectivity index (χ4v) is 3.90. The van der Waals surface area contributed by atoms with Crippen molar-refractivity contribution in [1.29, 1.82) is 0 Å². The minimum absolute atomic E-state index is 0.0355. The van der Waals surface area contributed by atoms with E-state index in [1.807, 2.05) is 6.92 Å². The van der Waals surface area contributed by atoms with Crippen molar-refractivity contribution in [2.45, 2.75) is 39.7 Å². The van der Waals surface area contributed by atoms with E-state index < -0.39 is 4.92 Å². The molecule has 0 fully saturated rings. The third-order valence-electron chi connectivity index (χ3n) is 5.02. The third-order valence-corrected chi connectivity index (χ3v) is 5.34. The Morgan fingerprint density at radius 1 is 1.31 bits per heavy atom. The number of nitrogens with zero attached hydrogens (tertiary/aromatic N) is 3. The molecule has 2 aromatic carbocycles. The van der Waals surface area contributed by atoms with Crippen LogP contribution in [0.3, 0.4) is 0 Å². The first kappa shape index (κ1) is 21.0. The molecule has 0 amide bonds. The summed E-state index contributed by atoms with van der Waals surface area (Å²) in [5, 5.41) is 11.1. The number of anilines is 1. The van der Waals surface area contributed by atoms with E-state index in [1.54, 1.807) is 18.2 Å². The van der Waals surface area contributed by atoms with Crippen LogP contribution < -0.4 is 4.90 Å². The van der Waals surface area contributed by atoms with Gasteiger partial charge in [0, 0.05) is 35.6 Å². The van der Waals surface area contributed by atoms with E-state index in [0.717, 1.165) is 29.8 Å². The molecule has 152 valence electrons. The van der Waals surface area contributed by atoms with E-state index in [-0.39, 0.29) is 22.1 Å². The van der Waals surface area contributed by atoms with Crippen LogP contribution in [0.4, 0.5) is 21.5 Å². The zero-order valence-corrected chi connectivity index (χ0v) is 17.6. The lowest BCUT2D eigenvalue weighted by molar-refractivity contribution is -0.384. The van der Waals surface area contributed by atoms with E-state index in [9.17, 15) is 14.5 Å². The number of aliphatic imine (C=N–C) groups is 1. The van der Waals surface area contributed by atoms with Crippen molar-refractivity contribution in [2.24, 2.45) is 4.99 Å². The molecule has 0 aromatic heterocycles. The standard InChI is InChI=1S/C22H23ClFN3O2/c1-5-8-26-20-11-19(24)15(9-17(20)14(2)12-22(26,3)4)13-25-16-6-7-18(23)21(10-16)27(28)29/h6-7,9-13H,5,8H2,1-4H3. The maximum Gasteiger partial charge on any atom is 0.290 e. The van der Waals surface area contributed by atoms with Crippen molar-refractivity contribution in [3.05, 3.63) is 68.5 Å². The molecule has 0 spiro atoms. The highest BCUT2D eigenvalue weighted by molar-refractivity contribution is 6.32. The molecular weight excluding hydrogens is 393 g/mol. The van der Waals surface area contributed by atoms with Crippen LogP contribution in [0.25, 0.3) is 5.57 Å². The van der Waals surface area contributed by atoms with Gasteiger partial charge >= 0.3 is 0 Å². The lowest BCUT2D eigenvalue weighted by atomic mass is 9.87. The summed E-state index contributed by atoms with van der Waals surface area (Å²) < 4.78 is 14.9. The van der Waals surface area contributed by atoms with Crippen molar-refractivity contribution in [3.63, 3.8) is 0 Å². The van der Waals surface area contributed by atoms with Gasteiger partial charge in [0.15, 0.2) is 0 Å². The minimum atomic E-state index is -0.570. The Balaban J connectivity index is 2.01. The number of rotatable bonds is 5. The number of nitro benzene ring substituents is 1. The Bertz CT molecular complexity index is 1030. The first-order chi connectivity index (χ1) is 13.6. The van der Waals surface area contributed by atoms with Gasteiger partial charge in [-0.15, -0.1) is 0 Å². The average molecular weight is 416 g/mol. The van der Waals surface area contributed by atoms with Gasteiger partial charge in [0.05, 0.1) is 16.1 Å². The summed E-state index contributed by atoms with van der Waals surface area (Å²) in [7, 11) is 0. The monoisotopic (exact) mass is 415 g/mol. The summed E-state index contributed by atoms with van der Waals surface area (Å²) in [4.78, 5) is 16.9. The highest BCUT2D eigenvalue weighted by Gasteiger charge is 2.31. The van der Waals surface area contributed by atoms with Crippen molar-refractivity contribution in [3.8, 4) is 0 Å². The fraction of sp³-hybridized carbons (Fsp3) is 0.318. The summed E-state index contributed by atoms with van der Waals surface area (Å²) >= 11 is 5.83. The van der Waals surface area contributed by atoms with E-state index in [1.165, 1.54) is 18.3 Å². The number of nitro groups is 1. The molecule has 0 saturated carbocycles. The molecule has 0 bridgehead atoms. The Morgan fingerprint density at radius 3 is 2.69 bits per heavy atom. The van der Waals surface area contributed by atoms with Crippen LogP contribution in [0.15, 0.2) is 41.4 Å². The zero-order valence-electron chi connectivity index (χ0n) is 16.9. The van der Waals surface area contributed by atoms with Crippen LogP contribution in [0.5, 0.6) is 0 Å². The second-order valence-corrected chi connectivity index (χ2v) is 8.08. The predicted octanol–water partition coefficient (Wildman–Crippen LogP) is 6.55. The highest BCUT2D eigenvalue weighted by Crippen LogP contribution is 2.40. The van der Waals surface area contributed by atoms with Gasteiger partial charge in [-0.25, -0.2) is 4.39 Å². The van der Waals surface area contributed by atoms with Gasteiger partial charge in [0.2, 0.25) is 0 Å². The largest absolute Gasteiger partial charge is 0.362 e. The molecule has 0 N–H and O–H groups in total. The smallest absolute Gasteiger partial charge is 0.290 e. The second kappa shape index (κ2) is 7.95. The Hall–Kier alpha value is -2.73. The lowest BCUT2D eigenvalue weighted by Gasteiger charge is -2.43. The number of benzene rings is 2. The SMILES string of the molecule is CCCN1c2cc(F)c(C=Nc3ccc(Cl)c([N+](=O)[O-])c3)cc2C(C)=CC1(C)C. The summed E-state index contributed by atoms with van der Waals surface area (Å²) in [6.07, 6.45) is 4.53. The molecule has 0 unspecified atom stereocenters. The van der Waals surface area contributed by atoms with Crippen LogP contribution in [-0.4, -0.2) is 23.2 Å². The number of halogens is 2. The Kier molecular flexibility index (Phi) is 5.75. The van der Waals surface area contributed by atoms with E-state index in [2.05, 4.69) is 36.7 Å². The molecule has 1 aliphatic rings. The highest BCUT2D eigenvalue weighted by atomic mass is 35.5. The Morgan fingerprint density at radius 2 is 2.03 bits per heavy atom. The van der Waals surface area contributed by atoms with Gasteiger partial charge in [0.25, 0.3) is 5.69 Å². The van der Waals surface area contributed by atoms with Crippen LogP contribution in [0.1, 0.15) is 45.2 Å². The maximum atomic E-state index is 14.9. The number of allylic oxidation sites excluding steroid dienone is 1. The Labute approximate surface area is 174 Å². The first-order valence-corrected chi connectivity index (χ1v) is 9.81. The molecule has 0 atom stereocenters. The molecule has 29 heavy (non-hydrogen) atoms. The molecule has 3 rings (SSSR count). The molecule has 1 aliphatic heterocycles. The van der Waals surface area contributed by atoms with Gasteiger partial charge in [-0.05, 0) is 57.0 Å². The summed E-state index contributed by atoms with van der Waals surface area (Å²) in [5.41, 5.74) is 3.13. The molecule has 5 nitrogen and oxygen atoms in total. The number of hydrogen-bond donors (Lipinski definition) is 0. The quantitative estimate of drug-likeness (QED) is 0.316. The minimum Gasteiger partial charge on any atom is -0.362 e. The zero-order chi connectivity index (χ0) is 21.3. The third kappa shape index (κ3) is 4.17. The lowest BCUT2D eigenvalue weighted by Crippen LogP contribution is -2.45. The van der Waals surface area contributed by atoms with E-state index in [0.29, 0.717) is 11.3 Å². The molecular formula is C22H23ClFN3O2. The first-order valence-electron chi connectivity index (χ1n) is 9.43. The number of hydrogen-bond acceptors (Lipinski definition) is 4. The molecule has 0 saturated heterocycles. The molecule has 0 radical (unpaired) electrons.